The molecule has 26 heavy (non-hydrogen) atoms. The number of rotatable bonds is 7. The molecule has 0 radical (unpaired) electrons. The Balaban J connectivity index is 1.97. The quantitative estimate of drug-likeness (QED) is 0.721. The summed E-state index contributed by atoms with van der Waals surface area (Å²) in [5.74, 6) is 0.197. The zero-order chi connectivity index (χ0) is 18.7. The maximum Gasteiger partial charge on any atom is 0.274 e. The van der Waals surface area contributed by atoms with E-state index < -0.39 is 9.84 Å². The number of sulfone groups is 1. The maximum atomic E-state index is 12.9. The molecule has 1 aliphatic heterocycles. The van der Waals surface area contributed by atoms with E-state index in [0.29, 0.717) is 25.2 Å². The van der Waals surface area contributed by atoms with Gasteiger partial charge in [0.1, 0.15) is 0 Å². The van der Waals surface area contributed by atoms with E-state index in [2.05, 4.69) is 18.9 Å². The Morgan fingerprint density at radius 3 is 2.62 bits per heavy atom. The van der Waals surface area contributed by atoms with Crippen molar-refractivity contribution >= 4 is 27.1 Å². The molecular formula is C18H25N3O3S2. The van der Waals surface area contributed by atoms with Crippen molar-refractivity contribution < 1.29 is 13.2 Å². The summed E-state index contributed by atoms with van der Waals surface area (Å²) in [7, 11) is -3.03. The van der Waals surface area contributed by atoms with Crippen LogP contribution in [0.1, 0.15) is 49.6 Å². The van der Waals surface area contributed by atoms with Gasteiger partial charge in [-0.15, -0.1) is 11.3 Å². The van der Waals surface area contributed by atoms with E-state index in [1.54, 1.807) is 16.0 Å². The molecule has 1 amide bonds. The van der Waals surface area contributed by atoms with E-state index in [9.17, 15) is 13.2 Å². The van der Waals surface area contributed by atoms with E-state index in [-0.39, 0.29) is 23.5 Å². The molecule has 2 aromatic heterocycles. The van der Waals surface area contributed by atoms with E-state index >= 15 is 0 Å². The third kappa shape index (κ3) is 4.01. The largest absolute Gasteiger partial charge is 0.337 e. The number of carbonyl (C=O) groups is 1. The second-order valence-corrected chi connectivity index (χ2v) is 9.86. The Kier molecular flexibility index (Phi) is 5.82. The van der Waals surface area contributed by atoms with Crippen LogP contribution >= 0.6 is 11.3 Å². The van der Waals surface area contributed by atoms with Crippen LogP contribution in [-0.2, 0) is 9.84 Å². The summed E-state index contributed by atoms with van der Waals surface area (Å²) in [5, 5.41) is 6.54. The Bertz CT molecular complexity index is 850. The van der Waals surface area contributed by atoms with Crippen molar-refractivity contribution in [2.75, 3.05) is 24.6 Å². The minimum atomic E-state index is -3.03. The van der Waals surface area contributed by atoms with E-state index in [1.165, 1.54) is 0 Å². The first-order valence-corrected chi connectivity index (χ1v) is 11.8. The standard InChI is InChI=1S/C18H25N3O3S2/c1-3-8-20(9-4-2)18(22)15-12-16(17-6-5-10-25-17)21(19-15)14-7-11-26(23,24)13-14/h5-6,10,12,14H,3-4,7-9,11,13H2,1-2H3. The first-order chi connectivity index (χ1) is 12.4. The lowest BCUT2D eigenvalue weighted by Gasteiger charge is -2.20. The summed E-state index contributed by atoms with van der Waals surface area (Å²) >= 11 is 1.57. The number of aromatic nitrogens is 2. The van der Waals surface area contributed by atoms with Crippen LogP contribution in [0.2, 0.25) is 0 Å². The van der Waals surface area contributed by atoms with Gasteiger partial charge in [0.2, 0.25) is 0 Å². The van der Waals surface area contributed by atoms with Gasteiger partial charge in [0, 0.05) is 13.1 Å². The van der Waals surface area contributed by atoms with E-state index in [4.69, 9.17) is 0 Å². The fraction of sp³-hybridized carbons (Fsp3) is 0.556. The molecule has 3 heterocycles. The summed E-state index contributed by atoms with van der Waals surface area (Å²) in [4.78, 5) is 15.8. The van der Waals surface area contributed by atoms with Crippen LogP contribution in [0.3, 0.4) is 0 Å². The Morgan fingerprint density at radius 1 is 1.35 bits per heavy atom. The number of nitrogens with zero attached hydrogens (tertiary/aromatic N) is 3. The second-order valence-electron chi connectivity index (χ2n) is 6.69. The van der Waals surface area contributed by atoms with Crippen molar-refractivity contribution in [1.29, 1.82) is 0 Å². The second kappa shape index (κ2) is 7.92. The van der Waals surface area contributed by atoms with Gasteiger partial charge in [-0.3, -0.25) is 9.48 Å². The highest BCUT2D eigenvalue weighted by Crippen LogP contribution is 2.32. The van der Waals surface area contributed by atoms with Crippen molar-refractivity contribution in [2.45, 2.75) is 39.2 Å². The molecule has 6 nitrogen and oxygen atoms in total. The Hall–Kier alpha value is -1.67. The minimum Gasteiger partial charge on any atom is -0.337 e. The normalized spacial score (nSPS) is 18.9. The van der Waals surface area contributed by atoms with Crippen LogP contribution < -0.4 is 0 Å². The SMILES string of the molecule is CCCN(CCC)C(=O)c1cc(-c2cccs2)n(C2CCS(=O)(=O)C2)n1. The lowest BCUT2D eigenvalue weighted by molar-refractivity contribution is 0.0748. The van der Waals surface area contributed by atoms with Crippen molar-refractivity contribution in [2.24, 2.45) is 0 Å². The van der Waals surface area contributed by atoms with Crippen LogP contribution in [0.4, 0.5) is 0 Å². The average Bonchev–Trinajstić information content (AvgIpc) is 3.32. The Labute approximate surface area is 158 Å². The maximum absolute atomic E-state index is 12.9. The minimum absolute atomic E-state index is 0.0777. The fourth-order valence-electron chi connectivity index (χ4n) is 3.37. The van der Waals surface area contributed by atoms with Gasteiger partial charge in [-0.2, -0.15) is 5.10 Å². The zero-order valence-corrected chi connectivity index (χ0v) is 16.9. The topological polar surface area (TPSA) is 72.3 Å². The summed E-state index contributed by atoms with van der Waals surface area (Å²) < 4.78 is 25.6. The number of carbonyl (C=O) groups excluding carboxylic acids is 1. The summed E-state index contributed by atoms with van der Waals surface area (Å²) in [5.41, 5.74) is 1.23. The van der Waals surface area contributed by atoms with Crippen LogP contribution in [0.25, 0.3) is 10.6 Å². The first kappa shape index (κ1) is 19.1. The molecule has 0 bridgehead atoms. The van der Waals surface area contributed by atoms with Crippen LogP contribution in [0.15, 0.2) is 23.6 Å². The smallest absolute Gasteiger partial charge is 0.274 e. The molecule has 1 unspecified atom stereocenters. The third-order valence-corrected chi connectivity index (χ3v) is 7.20. The summed E-state index contributed by atoms with van der Waals surface area (Å²) in [6.45, 7) is 5.50. The molecule has 1 saturated heterocycles. The highest BCUT2D eigenvalue weighted by Gasteiger charge is 2.32. The van der Waals surface area contributed by atoms with Crippen molar-refractivity contribution in [3.05, 3.63) is 29.3 Å². The molecule has 0 N–H and O–H groups in total. The molecule has 1 fully saturated rings. The van der Waals surface area contributed by atoms with Crippen molar-refractivity contribution in [3.8, 4) is 10.6 Å². The van der Waals surface area contributed by atoms with Gasteiger partial charge in [-0.05, 0) is 36.8 Å². The average molecular weight is 396 g/mol. The van der Waals surface area contributed by atoms with Gasteiger partial charge >= 0.3 is 0 Å². The monoisotopic (exact) mass is 395 g/mol. The van der Waals surface area contributed by atoms with E-state index in [1.807, 2.05) is 28.5 Å². The highest BCUT2D eigenvalue weighted by atomic mass is 32.2. The highest BCUT2D eigenvalue weighted by molar-refractivity contribution is 7.91. The van der Waals surface area contributed by atoms with Gasteiger partial charge in [-0.1, -0.05) is 19.9 Å². The number of hydrogen-bond donors (Lipinski definition) is 0. The zero-order valence-electron chi connectivity index (χ0n) is 15.2. The van der Waals surface area contributed by atoms with Crippen LogP contribution in [0.5, 0.6) is 0 Å². The van der Waals surface area contributed by atoms with Gasteiger partial charge in [0.05, 0.1) is 28.1 Å². The number of hydrogen-bond acceptors (Lipinski definition) is 5. The van der Waals surface area contributed by atoms with Crippen LogP contribution in [-0.4, -0.2) is 53.6 Å². The van der Waals surface area contributed by atoms with Gasteiger partial charge < -0.3 is 4.90 Å². The van der Waals surface area contributed by atoms with Gasteiger partial charge in [0.25, 0.3) is 5.91 Å². The molecule has 1 aliphatic rings. The predicted molar refractivity (Wildman–Crippen MR) is 104 cm³/mol. The lowest BCUT2D eigenvalue weighted by Crippen LogP contribution is -2.33. The number of thiophene rings is 1. The molecular weight excluding hydrogens is 370 g/mol. The fourth-order valence-corrected chi connectivity index (χ4v) is 5.80. The molecule has 2 aromatic rings. The summed E-state index contributed by atoms with van der Waals surface area (Å²) in [6.07, 6.45) is 2.33. The molecule has 0 aromatic carbocycles. The molecule has 0 saturated carbocycles. The first-order valence-electron chi connectivity index (χ1n) is 9.08. The molecule has 142 valence electrons. The number of amides is 1. The third-order valence-electron chi connectivity index (χ3n) is 4.56. The van der Waals surface area contributed by atoms with Gasteiger partial charge in [0.15, 0.2) is 15.5 Å². The predicted octanol–water partition coefficient (Wildman–Crippen LogP) is 3.23. The molecule has 0 spiro atoms. The molecule has 3 rings (SSSR count). The van der Waals surface area contributed by atoms with Crippen molar-refractivity contribution in [1.82, 2.24) is 14.7 Å². The van der Waals surface area contributed by atoms with E-state index in [0.717, 1.165) is 23.4 Å². The molecule has 0 aliphatic carbocycles. The lowest BCUT2D eigenvalue weighted by atomic mass is 10.2. The molecule has 1 atom stereocenters. The molecule has 8 heteroatoms. The van der Waals surface area contributed by atoms with Gasteiger partial charge in [-0.25, -0.2) is 8.42 Å². The summed E-state index contributed by atoms with van der Waals surface area (Å²) in [6, 6.07) is 5.54. The van der Waals surface area contributed by atoms with Crippen molar-refractivity contribution in [3.63, 3.8) is 0 Å². The van der Waals surface area contributed by atoms with Crippen LogP contribution in [0, 0.1) is 0 Å². The Morgan fingerprint density at radius 2 is 2.08 bits per heavy atom.